The van der Waals surface area contributed by atoms with Crippen molar-refractivity contribution in [1.82, 2.24) is 14.9 Å². The first-order chi connectivity index (χ1) is 11.6. The number of hydrogen-bond acceptors (Lipinski definition) is 4. The number of carbonyl (C=O) groups is 1. The average molecular weight is 327 g/mol. The number of fused-ring (bicyclic) bond motifs is 1. The van der Waals surface area contributed by atoms with Gasteiger partial charge in [0.05, 0.1) is 6.54 Å². The number of oxazole rings is 1. The highest BCUT2D eigenvalue weighted by atomic mass is 16.4. The van der Waals surface area contributed by atoms with Crippen molar-refractivity contribution in [3.05, 3.63) is 47.4 Å². The molecule has 0 radical (unpaired) electrons. The van der Waals surface area contributed by atoms with E-state index >= 15 is 0 Å². The standard InChI is InChI=1S/C19H25N3O2/c1-14(2)5-7-18-21-16-13-22(11-9-17(16)24-18)19(23)8-6-15-4-3-10-20-12-15/h3-4,10,12,14H,5-9,11,13H2,1-2H3. The molecule has 0 N–H and O–H groups in total. The summed E-state index contributed by atoms with van der Waals surface area (Å²) < 4.78 is 5.86. The second-order valence-electron chi connectivity index (χ2n) is 6.84. The Kier molecular flexibility index (Phi) is 5.28. The van der Waals surface area contributed by atoms with E-state index < -0.39 is 0 Å². The van der Waals surface area contributed by atoms with E-state index in [1.807, 2.05) is 23.2 Å². The van der Waals surface area contributed by atoms with Gasteiger partial charge in [0.25, 0.3) is 0 Å². The van der Waals surface area contributed by atoms with Crippen LogP contribution < -0.4 is 0 Å². The lowest BCUT2D eigenvalue weighted by atomic mass is 10.1. The molecule has 1 amide bonds. The molecule has 0 atom stereocenters. The van der Waals surface area contributed by atoms with Crippen LogP contribution in [0.5, 0.6) is 0 Å². The Morgan fingerprint density at radius 1 is 1.38 bits per heavy atom. The van der Waals surface area contributed by atoms with Crippen molar-refractivity contribution >= 4 is 5.91 Å². The quantitative estimate of drug-likeness (QED) is 0.817. The van der Waals surface area contributed by atoms with Crippen LogP contribution in [0.15, 0.2) is 28.9 Å². The normalized spacial score (nSPS) is 14.0. The van der Waals surface area contributed by atoms with E-state index in [-0.39, 0.29) is 5.91 Å². The minimum Gasteiger partial charge on any atom is -0.445 e. The van der Waals surface area contributed by atoms with Crippen molar-refractivity contribution in [2.45, 2.75) is 52.5 Å². The maximum absolute atomic E-state index is 12.5. The van der Waals surface area contributed by atoms with Gasteiger partial charge in [0.1, 0.15) is 11.5 Å². The molecule has 3 heterocycles. The van der Waals surface area contributed by atoms with Gasteiger partial charge < -0.3 is 9.32 Å². The molecule has 128 valence electrons. The second kappa shape index (κ2) is 7.60. The van der Waals surface area contributed by atoms with Gasteiger partial charge in [-0.05, 0) is 30.4 Å². The molecule has 5 nitrogen and oxygen atoms in total. The predicted molar refractivity (Wildman–Crippen MR) is 91.3 cm³/mol. The van der Waals surface area contributed by atoms with Crippen molar-refractivity contribution < 1.29 is 9.21 Å². The average Bonchev–Trinajstić information content (AvgIpc) is 3.01. The van der Waals surface area contributed by atoms with Gasteiger partial charge in [-0.25, -0.2) is 4.98 Å². The number of aromatic nitrogens is 2. The molecule has 24 heavy (non-hydrogen) atoms. The zero-order valence-electron chi connectivity index (χ0n) is 14.5. The highest BCUT2D eigenvalue weighted by Crippen LogP contribution is 2.22. The van der Waals surface area contributed by atoms with E-state index in [9.17, 15) is 4.79 Å². The summed E-state index contributed by atoms with van der Waals surface area (Å²) in [4.78, 5) is 23.0. The number of amides is 1. The summed E-state index contributed by atoms with van der Waals surface area (Å²) >= 11 is 0. The van der Waals surface area contributed by atoms with Crippen LogP contribution in [0.3, 0.4) is 0 Å². The summed E-state index contributed by atoms with van der Waals surface area (Å²) in [6.07, 6.45) is 7.53. The number of aryl methyl sites for hydroxylation is 2. The summed E-state index contributed by atoms with van der Waals surface area (Å²) in [5.74, 6) is 2.60. The third kappa shape index (κ3) is 4.22. The summed E-state index contributed by atoms with van der Waals surface area (Å²) in [6, 6.07) is 3.91. The zero-order chi connectivity index (χ0) is 16.9. The van der Waals surface area contributed by atoms with Crippen molar-refractivity contribution in [3.8, 4) is 0 Å². The van der Waals surface area contributed by atoms with Crippen LogP contribution in [0.2, 0.25) is 0 Å². The molecule has 1 aliphatic heterocycles. The Morgan fingerprint density at radius 3 is 3.00 bits per heavy atom. The first-order valence-electron chi connectivity index (χ1n) is 8.76. The molecule has 5 heteroatoms. The molecular formula is C19H25N3O2. The lowest BCUT2D eigenvalue weighted by molar-refractivity contribution is -0.132. The molecule has 2 aromatic heterocycles. The Morgan fingerprint density at radius 2 is 2.25 bits per heavy atom. The molecule has 0 fully saturated rings. The molecule has 0 saturated carbocycles. The van der Waals surface area contributed by atoms with Crippen molar-refractivity contribution in [2.24, 2.45) is 5.92 Å². The molecule has 0 bridgehead atoms. The van der Waals surface area contributed by atoms with Gasteiger partial charge in [-0.15, -0.1) is 0 Å². The van der Waals surface area contributed by atoms with E-state index in [0.29, 0.717) is 18.9 Å². The highest BCUT2D eigenvalue weighted by molar-refractivity contribution is 5.76. The van der Waals surface area contributed by atoms with Gasteiger partial charge in [-0.1, -0.05) is 19.9 Å². The third-order valence-corrected chi connectivity index (χ3v) is 4.41. The fraction of sp³-hybridized carbons (Fsp3) is 0.526. The van der Waals surface area contributed by atoms with Gasteiger partial charge in [-0.3, -0.25) is 9.78 Å². The Hall–Kier alpha value is -2.17. The topological polar surface area (TPSA) is 59.2 Å². The minimum atomic E-state index is 0.177. The van der Waals surface area contributed by atoms with E-state index in [4.69, 9.17) is 4.42 Å². The maximum Gasteiger partial charge on any atom is 0.223 e. The summed E-state index contributed by atoms with van der Waals surface area (Å²) in [6.45, 7) is 5.70. The Labute approximate surface area is 143 Å². The number of carbonyl (C=O) groups excluding carboxylic acids is 1. The molecule has 0 saturated heterocycles. The van der Waals surface area contributed by atoms with E-state index in [2.05, 4.69) is 23.8 Å². The Balaban J connectivity index is 1.55. The van der Waals surface area contributed by atoms with Crippen LogP contribution in [0.4, 0.5) is 0 Å². The smallest absolute Gasteiger partial charge is 0.223 e. The minimum absolute atomic E-state index is 0.177. The molecule has 2 aromatic rings. The van der Waals surface area contributed by atoms with Gasteiger partial charge in [0.2, 0.25) is 5.91 Å². The molecular weight excluding hydrogens is 302 g/mol. The third-order valence-electron chi connectivity index (χ3n) is 4.41. The highest BCUT2D eigenvalue weighted by Gasteiger charge is 2.25. The van der Waals surface area contributed by atoms with Gasteiger partial charge in [0, 0.05) is 38.2 Å². The Bertz CT molecular complexity index is 679. The summed E-state index contributed by atoms with van der Waals surface area (Å²) in [7, 11) is 0. The van der Waals surface area contributed by atoms with E-state index in [1.54, 1.807) is 6.20 Å². The fourth-order valence-electron chi connectivity index (χ4n) is 2.94. The molecule has 1 aliphatic rings. The number of pyridine rings is 1. The molecule has 0 aromatic carbocycles. The van der Waals surface area contributed by atoms with Crippen LogP contribution in [0.25, 0.3) is 0 Å². The van der Waals surface area contributed by atoms with Gasteiger partial charge in [-0.2, -0.15) is 0 Å². The van der Waals surface area contributed by atoms with E-state index in [0.717, 1.165) is 55.1 Å². The summed E-state index contributed by atoms with van der Waals surface area (Å²) in [5, 5.41) is 0. The second-order valence-corrected chi connectivity index (χ2v) is 6.84. The lowest BCUT2D eigenvalue weighted by Crippen LogP contribution is -2.35. The SMILES string of the molecule is CC(C)CCc1nc2c(o1)CCN(C(=O)CCc1cccnc1)C2. The van der Waals surface area contributed by atoms with Crippen LogP contribution in [0.1, 0.15) is 49.6 Å². The first kappa shape index (κ1) is 16.7. The zero-order valence-corrected chi connectivity index (χ0v) is 14.5. The molecule has 0 aliphatic carbocycles. The predicted octanol–water partition coefficient (Wildman–Crippen LogP) is 3.18. The van der Waals surface area contributed by atoms with Crippen molar-refractivity contribution in [2.75, 3.05) is 6.54 Å². The van der Waals surface area contributed by atoms with Gasteiger partial charge in [0.15, 0.2) is 5.89 Å². The molecule has 0 unspecified atom stereocenters. The number of rotatable bonds is 6. The monoisotopic (exact) mass is 327 g/mol. The summed E-state index contributed by atoms with van der Waals surface area (Å²) in [5.41, 5.74) is 2.04. The van der Waals surface area contributed by atoms with Crippen molar-refractivity contribution in [3.63, 3.8) is 0 Å². The molecule has 3 rings (SSSR count). The molecule has 0 spiro atoms. The van der Waals surface area contributed by atoms with Crippen LogP contribution in [0, 0.1) is 5.92 Å². The number of nitrogens with zero attached hydrogens (tertiary/aromatic N) is 3. The lowest BCUT2D eigenvalue weighted by Gasteiger charge is -2.25. The van der Waals surface area contributed by atoms with Crippen LogP contribution >= 0.6 is 0 Å². The van der Waals surface area contributed by atoms with E-state index in [1.165, 1.54) is 0 Å². The van der Waals surface area contributed by atoms with Crippen LogP contribution in [-0.2, 0) is 30.6 Å². The largest absolute Gasteiger partial charge is 0.445 e. The first-order valence-corrected chi connectivity index (χ1v) is 8.76. The van der Waals surface area contributed by atoms with Gasteiger partial charge >= 0.3 is 0 Å². The fourth-order valence-corrected chi connectivity index (χ4v) is 2.94. The van der Waals surface area contributed by atoms with Crippen LogP contribution in [-0.4, -0.2) is 27.3 Å². The maximum atomic E-state index is 12.5. The van der Waals surface area contributed by atoms with Crippen molar-refractivity contribution in [1.29, 1.82) is 0 Å². The number of hydrogen-bond donors (Lipinski definition) is 0.